The standard InChI is InChI=1S/C24H24N2O5.ClH/c1-25-18(13-11-16-7-5-9-20(30-3)22(16)27)15-19(26(2)24(25)29)14-12-17-8-6-10-21(31-4)23(17)28;/h5-15H,1-4H3,(H,27,28);1H. The van der Waals surface area contributed by atoms with Crippen molar-refractivity contribution >= 4 is 24.3 Å². The Morgan fingerprint density at radius 3 is 1.88 bits per heavy atom. The highest BCUT2D eigenvalue weighted by molar-refractivity contribution is 5.75. The van der Waals surface area contributed by atoms with Crippen molar-refractivity contribution in [1.29, 1.82) is 0 Å². The van der Waals surface area contributed by atoms with Crippen LogP contribution >= 0.6 is 0 Å². The first-order valence-corrected chi connectivity index (χ1v) is 9.55. The molecule has 2 N–H and O–H groups in total. The second-order valence-electron chi connectivity index (χ2n) is 6.86. The number of phenols is 2. The van der Waals surface area contributed by atoms with Crippen LogP contribution in [-0.4, -0.2) is 29.0 Å². The highest BCUT2D eigenvalue weighted by Crippen LogP contribution is 2.31. The molecule has 0 aliphatic carbocycles. The van der Waals surface area contributed by atoms with Crippen LogP contribution in [0.1, 0.15) is 22.5 Å². The Morgan fingerprint density at radius 1 is 0.875 bits per heavy atom. The summed E-state index contributed by atoms with van der Waals surface area (Å²) in [6.07, 6.45) is 6.93. The number of halogens is 1. The van der Waals surface area contributed by atoms with E-state index in [-0.39, 0.29) is 29.6 Å². The van der Waals surface area contributed by atoms with E-state index in [1.807, 2.05) is 6.07 Å². The van der Waals surface area contributed by atoms with Gasteiger partial charge in [-0.05, 0) is 36.4 Å². The third-order valence-electron chi connectivity index (χ3n) is 5.01. The lowest BCUT2D eigenvalue weighted by Crippen LogP contribution is -3.00. The van der Waals surface area contributed by atoms with Gasteiger partial charge in [0.2, 0.25) is 0 Å². The molecule has 0 saturated heterocycles. The summed E-state index contributed by atoms with van der Waals surface area (Å²) in [4.78, 5) is 12.7. The van der Waals surface area contributed by atoms with Crippen LogP contribution in [0.5, 0.6) is 23.0 Å². The maximum Gasteiger partial charge on any atom is 0.498 e. The van der Waals surface area contributed by atoms with Gasteiger partial charge in [0.15, 0.2) is 23.0 Å². The number of aromatic nitrogens is 2. The first-order chi connectivity index (χ1) is 14.9. The zero-order chi connectivity index (χ0) is 22.5. The maximum absolute atomic E-state index is 12.7. The van der Waals surface area contributed by atoms with Crippen molar-refractivity contribution in [3.05, 3.63) is 75.5 Å². The summed E-state index contributed by atoms with van der Waals surface area (Å²) in [5, 5.41) is 20.5. The fourth-order valence-corrected chi connectivity index (χ4v) is 3.14. The molecular formula is C24H25ClN2O5. The molecule has 0 aliphatic heterocycles. The van der Waals surface area contributed by atoms with E-state index in [0.29, 0.717) is 34.0 Å². The summed E-state index contributed by atoms with van der Waals surface area (Å²) in [7, 11) is 6.33. The summed E-state index contributed by atoms with van der Waals surface area (Å²) in [6.45, 7) is 0. The minimum atomic E-state index is -0.216. The van der Waals surface area contributed by atoms with Gasteiger partial charge in [0.25, 0.3) is 0 Å². The van der Waals surface area contributed by atoms with E-state index in [0.717, 1.165) is 0 Å². The summed E-state index contributed by atoms with van der Waals surface area (Å²) in [6, 6.07) is 12.2. The number of phenolic OH excluding ortho intramolecular Hbond substituents is 2. The molecule has 0 spiro atoms. The number of nitrogens with zero attached hydrogens (tertiary/aromatic N) is 2. The molecule has 8 heteroatoms. The van der Waals surface area contributed by atoms with Gasteiger partial charge in [-0.2, -0.15) is 13.9 Å². The molecule has 0 radical (unpaired) electrons. The number of ether oxygens (including phenoxy) is 2. The van der Waals surface area contributed by atoms with Crippen molar-refractivity contribution in [2.24, 2.45) is 14.1 Å². The van der Waals surface area contributed by atoms with Gasteiger partial charge in [-0.25, -0.2) is 0 Å². The van der Waals surface area contributed by atoms with Crippen LogP contribution in [0.25, 0.3) is 24.3 Å². The van der Waals surface area contributed by atoms with E-state index in [2.05, 4.69) is 0 Å². The van der Waals surface area contributed by atoms with Crippen molar-refractivity contribution in [2.75, 3.05) is 14.2 Å². The molecule has 7 nitrogen and oxygen atoms in total. The number of rotatable bonds is 6. The van der Waals surface area contributed by atoms with E-state index >= 15 is 0 Å². The first-order valence-electron chi connectivity index (χ1n) is 9.55. The Bertz CT molecular complexity index is 1140. The fourth-order valence-electron chi connectivity index (χ4n) is 3.14. The normalized spacial score (nSPS) is 11.0. The Kier molecular flexibility index (Phi) is 8.09. The van der Waals surface area contributed by atoms with Crippen LogP contribution < -0.4 is 32.1 Å². The first kappa shape index (κ1) is 24.6. The van der Waals surface area contributed by atoms with Gasteiger partial charge in [-0.1, -0.05) is 24.3 Å². The zero-order valence-corrected chi connectivity index (χ0v) is 19.0. The highest BCUT2D eigenvalue weighted by atomic mass is 35.5. The van der Waals surface area contributed by atoms with Gasteiger partial charge < -0.3 is 32.1 Å². The van der Waals surface area contributed by atoms with Crippen LogP contribution in [0.3, 0.4) is 0 Å². The maximum atomic E-state index is 12.7. The quantitative estimate of drug-likeness (QED) is 0.509. The zero-order valence-electron chi connectivity index (χ0n) is 18.2. The molecule has 1 heterocycles. The lowest BCUT2D eigenvalue weighted by molar-refractivity contribution is -0.692. The smallest absolute Gasteiger partial charge is 0.498 e. The largest absolute Gasteiger partial charge is 1.00 e. The van der Waals surface area contributed by atoms with Crippen molar-refractivity contribution in [1.82, 2.24) is 4.57 Å². The Hall–Kier alpha value is -3.71. The van der Waals surface area contributed by atoms with E-state index in [1.54, 1.807) is 74.8 Å². The topological polar surface area (TPSA) is 84.8 Å². The number of para-hydroxylation sites is 2. The molecule has 0 aliphatic rings. The van der Waals surface area contributed by atoms with Crippen LogP contribution in [0, 0.1) is 0 Å². The molecule has 1 aromatic heterocycles. The lowest BCUT2D eigenvalue weighted by atomic mass is 10.1. The molecule has 0 fully saturated rings. The minimum Gasteiger partial charge on any atom is -1.00 e. The molecule has 3 aromatic rings. The second kappa shape index (κ2) is 10.5. The van der Waals surface area contributed by atoms with Crippen LogP contribution in [0.2, 0.25) is 0 Å². The second-order valence-corrected chi connectivity index (χ2v) is 6.86. The summed E-state index contributed by atoms with van der Waals surface area (Å²) in [5.74, 6) is 0.803. The highest BCUT2D eigenvalue weighted by Gasteiger charge is 2.14. The van der Waals surface area contributed by atoms with Crippen molar-refractivity contribution in [3.63, 3.8) is 0 Å². The third-order valence-corrected chi connectivity index (χ3v) is 5.01. The molecule has 0 atom stereocenters. The molecule has 0 amide bonds. The predicted molar refractivity (Wildman–Crippen MR) is 120 cm³/mol. The van der Waals surface area contributed by atoms with E-state index in [9.17, 15) is 15.0 Å². The van der Waals surface area contributed by atoms with E-state index in [4.69, 9.17) is 9.47 Å². The fraction of sp³-hybridized carbons (Fsp3) is 0.167. The molecule has 0 unspecified atom stereocenters. The van der Waals surface area contributed by atoms with Gasteiger partial charge in [0.1, 0.15) is 11.4 Å². The Balaban J connectivity index is 0.00000363. The van der Waals surface area contributed by atoms with Crippen LogP contribution in [-0.2, 0) is 14.1 Å². The Morgan fingerprint density at radius 2 is 1.38 bits per heavy atom. The lowest BCUT2D eigenvalue weighted by Gasteiger charge is -2.06. The Labute approximate surface area is 192 Å². The number of hydrogen-bond acceptors (Lipinski definition) is 5. The molecule has 32 heavy (non-hydrogen) atoms. The number of benzene rings is 2. The average molecular weight is 457 g/mol. The number of hydrogen-bond donors (Lipinski definition) is 2. The minimum absolute atomic E-state index is 0. The van der Waals surface area contributed by atoms with Gasteiger partial charge in [0.05, 0.1) is 28.3 Å². The van der Waals surface area contributed by atoms with Crippen LogP contribution in [0.15, 0.2) is 47.3 Å². The van der Waals surface area contributed by atoms with Crippen molar-refractivity contribution < 1.29 is 36.7 Å². The third kappa shape index (κ3) is 4.95. The van der Waals surface area contributed by atoms with Crippen LogP contribution in [0.4, 0.5) is 0 Å². The van der Waals surface area contributed by atoms with Gasteiger partial charge in [0, 0.05) is 17.2 Å². The van der Waals surface area contributed by atoms with Gasteiger partial charge in [-0.3, -0.25) is 0 Å². The van der Waals surface area contributed by atoms with Gasteiger partial charge in [-0.15, -0.1) is 0 Å². The van der Waals surface area contributed by atoms with Gasteiger partial charge >= 0.3 is 5.69 Å². The van der Waals surface area contributed by atoms with Crippen molar-refractivity contribution in [3.8, 4) is 23.0 Å². The summed E-state index contributed by atoms with van der Waals surface area (Å²) in [5.41, 5.74) is 2.20. The predicted octanol–water partition coefficient (Wildman–Crippen LogP) is -0.0170. The summed E-state index contributed by atoms with van der Waals surface area (Å²) < 4.78 is 13.3. The molecule has 168 valence electrons. The molecule has 3 rings (SSSR count). The summed E-state index contributed by atoms with van der Waals surface area (Å²) >= 11 is 0. The molecule has 2 aromatic carbocycles. The SMILES string of the molecule is COc1cccc(C=Cc2cc(C=Cc3cccc(OC)c3O)[n+](C)c(=O)n2C)c1O.[Cl-]. The average Bonchev–Trinajstić information content (AvgIpc) is 2.78. The van der Waals surface area contributed by atoms with E-state index < -0.39 is 0 Å². The van der Waals surface area contributed by atoms with Crippen molar-refractivity contribution in [2.45, 2.75) is 0 Å². The monoisotopic (exact) mass is 456 g/mol. The number of methoxy groups -OCH3 is 2. The van der Waals surface area contributed by atoms with E-state index in [1.165, 1.54) is 23.4 Å². The molecule has 0 bridgehead atoms. The molecular weight excluding hydrogens is 432 g/mol. The number of aromatic hydroxyl groups is 2. The molecule has 0 saturated carbocycles.